The van der Waals surface area contributed by atoms with E-state index >= 15 is 0 Å². The lowest BCUT2D eigenvalue weighted by Crippen LogP contribution is -1.80. The Morgan fingerprint density at radius 3 is 2.77 bits per heavy atom. The predicted octanol–water partition coefficient (Wildman–Crippen LogP) is 2.69. The number of nitrogens with zero attached hydrogens (tertiary/aromatic N) is 1. The Hall–Kier alpha value is -1.31. The van der Waals surface area contributed by atoms with Gasteiger partial charge in [-0.2, -0.15) is 5.10 Å². The molecule has 0 amide bonds. The van der Waals surface area contributed by atoms with Crippen molar-refractivity contribution in [2.75, 3.05) is 0 Å². The first-order chi connectivity index (χ1) is 6.35. The van der Waals surface area contributed by atoms with Crippen molar-refractivity contribution in [2.45, 2.75) is 26.7 Å². The summed E-state index contributed by atoms with van der Waals surface area (Å²) in [4.78, 5) is 0. The zero-order valence-electron chi connectivity index (χ0n) is 8.09. The third-order valence-electron chi connectivity index (χ3n) is 2.45. The number of nitrogens with one attached hydrogen (secondary N) is 1. The Morgan fingerprint density at radius 1 is 1.23 bits per heavy atom. The van der Waals surface area contributed by atoms with Crippen LogP contribution in [0.5, 0.6) is 0 Å². The highest BCUT2D eigenvalue weighted by Crippen LogP contribution is 2.17. The van der Waals surface area contributed by atoms with Crippen molar-refractivity contribution < 1.29 is 0 Å². The first kappa shape index (κ1) is 8.30. The van der Waals surface area contributed by atoms with Crippen LogP contribution >= 0.6 is 0 Å². The summed E-state index contributed by atoms with van der Waals surface area (Å²) in [5.41, 5.74) is 3.69. The van der Waals surface area contributed by atoms with E-state index in [-0.39, 0.29) is 0 Å². The molecule has 0 aliphatic rings. The van der Waals surface area contributed by atoms with Gasteiger partial charge in [0.05, 0.1) is 11.2 Å². The second kappa shape index (κ2) is 3.21. The molecular weight excluding hydrogens is 160 g/mol. The zero-order chi connectivity index (χ0) is 9.26. The van der Waals surface area contributed by atoms with Gasteiger partial charge in [0.15, 0.2) is 0 Å². The van der Waals surface area contributed by atoms with E-state index in [1.807, 2.05) is 0 Å². The molecule has 0 atom stereocenters. The van der Waals surface area contributed by atoms with Crippen LogP contribution in [0.2, 0.25) is 0 Å². The first-order valence-electron chi connectivity index (χ1n) is 4.81. The van der Waals surface area contributed by atoms with E-state index in [1.165, 1.54) is 10.9 Å². The fourth-order valence-electron chi connectivity index (χ4n) is 1.61. The van der Waals surface area contributed by atoms with Crippen molar-refractivity contribution in [2.24, 2.45) is 0 Å². The highest BCUT2D eigenvalue weighted by Gasteiger charge is 2.02. The van der Waals surface area contributed by atoms with Crippen LogP contribution in [0, 0.1) is 0 Å². The number of hydrogen-bond acceptors (Lipinski definition) is 1. The molecule has 0 aliphatic heterocycles. The van der Waals surface area contributed by atoms with Crippen LogP contribution in [0.3, 0.4) is 0 Å². The Kier molecular flexibility index (Phi) is 2.05. The second-order valence-corrected chi connectivity index (χ2v) is 3.26. The van der Waals surface area contributed by atoms with Gasteiger partial charge in [0.2, 0.25) is 0 Å². The van der Waals surface area contributed by atoms with Gasteiger partial charge in [-0.3, -0.25) is 5.10 Å². The number of hydrogen-bond donors (Lipinski definition) is 1. The molecule has 0 spiro atoms. The fraction of sp³-hybridized carbons (Fsp3) is 0.364. The van der Waals surface area contributed by atoms with E-state index in [0.29, 0.717) is 0 Å². The molecule has 1 aromatic carbocycles. The molecule has 1 N–H and O–H groups in total. The Balaban J connectivity index is 2.61. The minimum atomic E-state index is 0.992. The van der Waals surface area contributed by atoms with Crippen LogP contribution in [0.4, 0.5) is 0 Å². The maximum Gasteiger partial charge on any atom is 0.0698 e. The number of rotatable bonds is 2. The van der Waals surface area contributed by atoms with Gasteiger partial charge in [-0.1, -0.05) is 26.0 Å². The first-order valence-corrected chi connectivity index (χ1v) is 4.81. The molecule has 2 heteroatoms. The lowest BCUT2D eigenvalue weighted by atomic mass is 10.1. The average Bonchev–Trinajstić information content (AvgIpc) is 2.59. The highest BCUT2D eigenvalue weighted by atomic mass is 15.1. The van der Waals surface area contributed by atoms with Gasteiger partial charge in [0.1, 0.15) is 0 Å². The Morgan fingerprint density at radius 2 is 2.08 bits per heavy atom. The minimum absolute atomic E-state index is 0.992. The molecule has 0 bridgehead atoms. The van der Waals surface area contributed by atoms with Gasteiger partial charge < -0.3 is 0 Å². The Labute approximate surface area is 78.0 Å². The number of fused-ring (bicyclic) bond motifs is 1. The van der Waals surface area contributed by atoms with Crippen LogP contribution in [-0.2, 0) is 12.8 Å². The maximum absolute atomic E-state index is 4.26. The standard InChI is InChI=1S/C11H14N2/c1-3-8-5-6-9-10(4-2)12-13-11(9)7-8/h5-7H,3-4H2,1-2H3,(H,12,13). The summed E-state index contributed by atoms with van der Waals surface area (Å²) in [5, 5.41) is 8.59. The van der Waals surface area contributed by atoms with E-state index in [1.54, 1.807) is 0 Å². The largest absolute Gasteiger partial charge is 0.278 e. The van der Waals surface area contributed by atoms with Crippen LogP contribution < -0.4 is 0 Å². The number of aryl methyl sites for hydroxylation is 2. The predicted molar refractivity (Wildman–Crippen MR) is 54.8 cm³/mol. The molecule has 0 aliphatic carbocycles. The van der Waals surface area contributed by atoms with Crippen molar-refractivity contribution >= 4 is 10.9 Å². The van der Waals surface area contributed by atoms with Gasteiger partial charge >= 0.3 is 0 Å². The quantitative estimate of drug-likeness (QED) is 0.745. The molecule has 1 aromatic heterocycles. The molecule has 0 saturated carbocycles. The summed E-state index contributed by atoms with van der Waals surface area (Å²) in [6, 6.07) is 6.52. The van der Waals surface area contributed by atoms with Gasteiger partial charge in [-0.15, -0.1) is 0 Å². The van der Waals surface area contributed by atoms with Crippen molar-refractivity contribution in [3.05, 3.63) is 29.5 Å². The summed E-state index contributed by atoms with van der Waals surface area (Å²) >= 11 is 0. The van der Waals surface area contributed by atoms with E-state index < -0.39 is 0 Å². The number of aromatic nitrogens is 2. The molecule has 2 nitrogen and oxygen atoms in total. The van der Waals surface area contributed by atoms with Gasteiger partial charge in [-0.25, -0.2) is 0 Å². The molecule has 0 unspecified atom stereocenters. The molecule has 2 aromatic rings. The molecule has 1 heterocycles. The molecule has 2 rings (SSSR count). The van der Waals surface area contributed by atoms with Crippen molar-refractivity contribution in [1.82, 2.24) is 10.2 Å². The van der Waals surface area contributed by atoms with Gasteiger partial charge in [0, 0.05) is 5.39 Å². The summed E-state index contributed by atoms with van der Waals surface area (Å²) < 4.78 is 0. The van der Waals surface area contributed by atoms with Crippen LogP contribution in [0.1, 0.15) is 25.1 Å². The lowest BCUT2D eigenvalue weighted by Gasteiger charge is -1.96. The summed E-state index contributed by atoms with van der Waals surface area (Å²) in [6.07, 6.45) is 2.07. The zero-order valence-corrected chi connectivity index (χ0v) is 8.09. The molecule has 0 saturated heterocycles. The van der Waals surface area contributed by atoms with Crippen molar-refractivity contribution in [3.63, 3.8) is 0 Å². The SMILES string of the molecule is CCc1ccc2c(CC)n[nH]c2c1. The number of benzene rings is 1. The molecular formula is C11H14N2. The van der Waals surface area contributed by atoms with Crippen molar-refractivity contribution in [1.29, 1.82) is 0 Å². The lowest BCUT2D eigenvalue weighted by molar-refractivity contribution is 0.988. The smallest absolute Gasteiger partial charge is 0.0698 e. The van der Waals surface area contributed by atoms with Gasteiger partial charge in [0.25, 0.3) is 0 Å². The van der Waals surface area contributed by atoms with E-state index in [4.69, 9.17) is 0 Å². The molecule has 68 valence electrons. The summed E-state index contributed by atoms with van der Waals surface area (Å²) in [7, 11) is 0. The van der Waals surface area contributed by atoms with E-state index in [9.17, 15) is 0 Å². The summed E-state index contributed by atoms with van der Waals surface area (Å²) in [6.45, 7) is 4.29. The molecule has 13 heavy (non-hydrogen) atoms. The summed E-state index contributed by atoms with van der Waals surface area (Å²) in [5.74, 6) is 0. The number of H-pyrrole nitrogens is 1. The topological polar surface area (TPSA) is 28.7 Å². The van der Waals surface area contributed by atoms with E-state index in [2.05, 4.69) is 42.2 Å². The van der Waals surface area contributed by atoms with Crippen molar-refractivity contribution in [3.8, 4) is 0 Å². The maximum atomic E-state index is 4.26. The highest BCUT2D eigenvalue weighted by molar-refractivity contribution is 5.81. The van der Waals surface area contributed by atoms with E-state index in [0.717, 1.165) is 24.1 Å². The average molecular weight is 174 g/mol. The Bertz CT molecular complexity index is 415. The monoisotopic (exact) mass is 174 g/mol. The van der Waals surface area contributed by atoms with Crippen LogP contribution in [0.25, 0.3) is 10.9 Å². The molecule has 0 radical (unpaired) electrons. The normalized spacial score (nSPS) is 10.9. The van der Waals surface area contributed by atoms with Crippen LogP contribution in [0.15, 0.2) is 18.2 Å². The minimum Gasteiger partial charge on any atom is -0.278 e. The third kappa shape index (κ3) is 1.32. The fourth-order valence-corrected chi connectivity index (χ4v) is 1.61. The van der Waals surface area contributed by atoms with Crippen LogP contribution in [-0.4, -0.2) is 10.2 Å². The van der Waals surface area contributed by atoms with Gasteiger partial charge in [-0.05, 0) is 24.5 Å². The third-order valence-corrected chi connectivity index (χ3v) is 2.45. The number of aromatic amines is 1. The second-order valence-electron chi connectivity index (χ2n) is 3.26. The molecule has 0 fully saturated rings.